The Balaban J connectivity index is 5.83. The molecule has 1 unspecified atom stereocenters. The van der Waals surface area contributed by atoms with Crippen LogP contribution in [0, 0.1) is 0 Å². The molecule has 7 nitrogen and oxygen atoms in total. The largest absolute Gasteiger partial charge is 0.508 e. The van der Waals surface area contributed by atoms with Gasteiger partial charge in [-0.1, -0.05) is 0 Å². The van der Waals surface area contributed by atoms with E-state index < -0.39 is 54.0 Å². The van der Waals surface area contributed by atoms with Crippen molar-refractivity contribution in [1.29, 1.82) is 0 Å². The lowest BCUT2D eigenvalue weighted by molar-refractivity contribution is -0.0477. The molecular formula is C9H12F6O7S2. The Kier molecular flexibility index (Phi) is 6.95. The van der Waals surface area contributed by atoms with E-state index in [1.54, 1.807) is 0 Å². The van der Waals surface area contributed by atoms with Crippen LogP contribution in [0.2, 0.25) is 0 Å². The number of carbonyl (C=O) groups is 1. The van der Waals surface area contributed by atoms with Gasteiger partial charge < -0.3 is 9.47 Å². The van der Waals surface area contributed by atoms with Gasteiger partial charge in [-0.15, -0.1) is 0 Å². The molecule has 0 fully saturated rings. The molecule has 0 aromatic rings. The molecule has 0 N–H and O–H groups in total. The maximum atomic E-state index is 12.5. The summed E-state index contributed by atoms with van der Waals surface area (Å²) in [4.78, 5) is 10.9. The van der Waals surface area contributed by atoms with Gasteiger partial charge in [0.05, 0.1) is 6.61 Å². The van der Waals surface area contributed by atoms with Crippen molar-refractivity contribution >= 4 is 25.8 Å². The third kappa shape index (κ3) is 5.12. The molecule has 0 radical (unpaired) electrons. The van der Waals surface area contributed by atoms with Gasteiger partial charge in [0.25, 0.3) is 19.7 Å². The summed E-state index contributed by atoms with van der Waals surface area (Å²) in [6.07, 6.45) is -5.23. The van der Waals surface area contributed by atoms with Gasteiger partial charge in [-0.05, 0) is 13.8 Å². The van der Waals surface area contributed by atoms with E-state index in [0.29, 0.717) is 6.92 Å². The number of hydrogen-bond acceptors (Lipinski definition) is 7. The van der Waals surface area contributed by atoms with Crippen molar-refractivity contribution in [2.75, 3.05) is 6.61 Å². The fraction of sp³-hybridized carbons (Fsp3) is 0.889. The van der Waals surface area contributed by atoms with Crippen LogP contribution in [-0.2, 0) is 29.1 Å². The van der Waals surface area contributed by atoms with E-state index in [0.717, 1.165) is 0 Å². The van der Waals surface area contributed by atoms with Gasteiger partial charge in [-0.3, -0.25) is 0 Å². The van der Waals surface area contributed by atoms with Crippen LogP contribution in [-0.4, -0.2) is 51.3 Å². The standard InChI is InChI=1S/C9H12F6O7S2/c1-3-21-7(16)22-5(2)4-6(23(17,18)8(10,11)12)24(19,20)9(13,14)15/h5-6H,3-4H2,1-2H3. The summed E-state index contributed by atoms with van der Waals surface area (Å²) in [5.74, 6) is 0. The average Bonchev–Trinajstić information content (AvgIpc) is 2.32. The highest BCUT2D eigenvalue weighted by Crippen LogP contribution is 2.38. The first-order chi connectivity index (χ1) is 10.5. The predicted molar refractivity (Wildman–Crippen MR) is 65.9 cm³/mol. The van der Waals surface area contributed by atoms with Crippen molar-refractivity contribution in [1.82, 2.24) is 0 Å². The number of hydrogen-bond donors (Lipinski definition) is 0. The van der Waals surface area contributed by atoms with Crippen molar-refractivity contribution in [3.8, 4) is 0 Å². The summed E-state index contributed by atoms with van der Waals surface area (Å²) in [5, 5.41) is 0. The summed E-state index contributed by atoms with van der Waals surface area (Å²) in [5.41, 5.74) is -12.5. The summed E-state index contributed by atoms with van der Waals surface area (Å²) in [6, 6.07) is 0. The summed E-state index contributed by atoms with van der Waals surface area (Å²) in [6.45, 7) is 1.76. The lowest BCUT2D eigenvalue weighted by Gasteiger charge is -2.23. The third-order valence-corrected chi connectivity index (χ3v) is 7.00. The molecule has 0 aromatic heterocycles. The zero-order chi connectivity index (χ0) is 19.6. The smallest absolute Gasteiger partial charge is 0.435 e. The second-order valence-electron chi connectivity index (χ2n) is 4.26. The van der Waals surface area contributed by atoms with Crippen LogP contribution < -0.4 is 0 Å². The predicted octanol–water partition coefficient (Wildman–Crippen LogP) is 2.13. The highest BCUT2D eigenvalue weighted by atomic mass is 32.3. The second-order valence-corrected chi connectivity index (χ2v) is 8.80. The molecule has 0 aliphatic heterocycles. The normalized spacial score (nSPS) is 15.2. The van der Waals surface area contributed by atoms with Crippen LogP contribution in [0.5, 0.6) is 0 Å². The molecule has 15 heteroatoms. The molecule has 0 amide bonds. The van der Waals surface area contributed by atoms with Crippen LogP contribution in [0.1, 0.15) is 20.3 Å². The van der Waals surface area contributed by atoms with E-state index in [1.807, 2.05) is 0 Å². The van der Waals surface area contributed by atoms with Gasteiger partial charge in [0.2, 0.25) is 0 Å². The minimum absolute atomic E-state index is 0.253. The molecule has 0 aliphatic carbocycles. The Morgan fingerprint density at radius 2 is 1.33 bits per heavy atom. The van der Waals surface area contributed by atoms with Crippen molar-refractivity contribution in [2.45, 2.75) is 42.0 Å². The van der Waals surface area contributed by atoms with Crippen LogP contribution in [0.15, 0.2) is 0 Å². The number of sulfone groups is 2. The Bertz CT molecular complexity index is 605. The fourth-order valence-corrected chi connectivity index (χ4v) is 4.99. The van der Waals surface area contributed by atoms with Crippen molar-refractivity contribution in [3.63, 3.8) is 0 Å². The fourth-order valence-electron chi connectivity index (χ4n) is 1.35. The van der Waals surface area contributed by atoms with Crippen molar-refractivity contribution in [3.05, 3.63) is 0 Å². The monoisotopic (exact) mass is 410 g/mol. The topological polar surface area (TPSA) is 104 Å². The summed E-state index contributed by atoms with van der Waals surface area (Å²) < 4.78 is 124. The quantitative estimate of drug-likeness (QED) is 0.488. The second kappa shape index (κ2) is 7.33. The maximum absolute atomic E-state index is 12.5. The van der Waals surface area contributed by atoms with Crippen LogP contribution in [0.3, 0.4) is 0 Å². The summed E-state index contributed by atoms with van der Waals surface area (Å²) >= 11 is 0. The molecule has 144 valence electrons. The minimum Gasteiger partial charge on any atom is -0.435 e. The molecular weight excluding hydrogens is 398 g/mol. The molecule has 0 saturated carbocycles. The summed E-state index contributed by atoms with van der Waals surface area (Å²) in [7, 11) is -13.5. The molecule has 1 atom stereocenters. The molecule has 0 aromatic carbocycles. The number of alkyl halides is 6. The molecule has 0 aliphatic rings. The highest BCUT2D eigenvalue weighted by Gasteiger charge is 2.63. The zero-order valence-corrected chi connectivity index (χ0v) is 13.6. The molecule has 0 bridgehead atoms. The highest BCUT2D eigenvalue weighted by molar-refractivity contribution is 8.09. The van der Waals surface area contributed by atoms with Crippen LogP contribution >= 0.6 is 0 Å². The van der Waals surface area contributed by atoms with Crippen LogP contribution in [0.25, 0.3) is 0 Å². The Morgan fingerprint density at radius 1 is 0.958 bits per heavy atom. The Labute approximate surface area is 132 Å². The SMILES string of the molecule is CCOC(=O)OC(C)CC(S(=O)(=O)C(F)(F)F)S(=O)(=O)C(F)(F)F. The number of carbonyl (C=O) groups excluding carboxylic acids is 1. The molecule has 24 heavy (non-hydrogen) atoms. The van der Waals surface area contributed by atoms with E-state index in [4.69, 9.17) is 0 Å². The van der Waals surface area contributed by atoms with Gasteiger partial charge in [0.1, 0.15) is 6.10 Å². The Hall–Kier alpha value is -1.25. The number of ether oxygens (including phenoxy) is 2. The maximum Gasteiger partial charge on any atom is 0.508 e. The lowest BCUT2D eigenvalue weighted by atomic mass is 10.3. The van der Waals surface area contributed by atoms with Gasteiger partial charge in [-0.2, -0.15) is 26.3 Å². The van der Waals surface area contributed by atoms with E-state index >= 15 is 0 Å². The van der Waals surface area contributed by atoms with E-state index in [1.165, 1.54) is 6.92 Å². The lowest BCUT2D eigenvalue weighted by Crippen LogP contribution is -2.46. The Morgan fingerprint density at radius 3 is 1.62 bits per heavy atom. The van der Waals surface area contributed by atoms with Gasteiger partial charge in [0, 0.05) is 6.42 Å². The van der Waals surface area contributed by atoms with Crippen molar-refractivity contribution in [2.24, 2.45) is 0 Å². The van der Waals surface area contributed by atoms with Gasteiger partial charge in [0.15, 0.2) is 4.58 Å². The first-order valence-corrected chi connectivity index (χ1v) is 9.01. The molecule has 0 rings (SSSR count). The van der Waals surface area contributed by atoms with E-state index in [-0.39, 0.29) is 6.61 Å². The van der Waals surface area contributed by atoms with E-state index in [2.05, 4.69) is 9.47 Å². The van der Waals surface area contributed by atoms with E-state index in [9.17, 15) is 48.0 Å². The molecule has 0 spiro atoms. The number of rotatable bonds is 6. The molecule has 0 saturated heterocycles. The minimum atomic E-state index is -6.76. The molecule has 0 heterocycles. The first kappa shape index (κ1) is 22.8. The van der Waals surface area contributed by atoms with Gasteiger partial charge >= 0.3 is 17.2 Å². The first-order valence-electron chi connectivity index (χ1n) is 5.92. The zero-order valence-electron chi connectivity index (χ0n) is 12.0. The average molecular weight is 410 g/mol. The number of halogens is 6. The third-order valence-electron chi connectivity index (χ3n) is 2.42. The van der Waals surface area contributed by atoms with Crippen molar-refractivity contribution < 1.29 is 57.4 Å². The van der Waals surface area contributed by atoms with Gasteiger partial charge in [-0.25, -0.2) is 21.6 Å². The van der Waals surface area contributed by atoms with Crippen LogP contribution in [0.4, 0.5) is 31.1 Å².